The summed E-state index contributed by atoms with van der Waals surface area (Å²) in [5.41, 5.74) is 7.41. The van der Waals surface area contributed by atoms with E-state index in [2.05, 4.69) is 19.2 Å². The van der Waals surface area contributed by atoms with Gasteiger partial charge in [-0.15, -0.1) is 11.8 Å². The predicted molar refractivity (Wildman–Crippen MR) is 75.2 cm³/mol. The number of rotatable bonds is 4. The van der Waals surface area contributed by atoms with Crippen LogP contribution in [0.4, 0.5) is 11.4 Å². The number of nitrogens with two attached hydrogens (primary N) is 1. The van der Waals surface area contributed by atoms with Crippen molar-refractivity contribution in [3.05, 3.63) is 12.1 Å². The summed E-state index contributed by atoms with van der Waals surface area (Å²) >= 11 is 1.72. The smallest absolute Gasteiger partial charge is 0.262 e. The van der Waals surface area contributed by atoms with Gasteiger partial charge in [0.2, 0.25) is 0 Å². The number of nitrogen functional groups attached to an aromatic ring is 1. The van der Waals surface area contributed by atoms with Crippen LogP contribution in [-0.2, 0) is 4.79 Å². The van der Waals surface area contributed by atoms with E-state index >= 15 is 0 Å². The van der Waals surface area contributed by atoms with Crippen LogP contribution < -0.4 is 15.8 Å². The third-order valence-corrected chi connectivity index (χ3v) is 4.37. The summed E-state index contributed by atoms with van der Waals surface area (Å²) in [7, 11) is 0. The first kappa shape index (κ1) is 13.1. The minimum atomic E-state index is -0.120. The van der Waals surface area contributed by atoms with Gasteiger partial charge in [-0.1, -0.05) is 20.3 Å². The normalized spacial score (nSPS) is 15.6. The zero-order chi connectivity index (χ0) is 13.1. The molecule has 0 radical (unpaired) electrons. The molecule has 5 heteroatoms. The molecule has 0 fully saturated rings. The highest BCUT2D eigenvalue weighted by molar-refractivity contribution is 7.99. The second kappa shape index (κ2) is 5.52. The summed E-state index contributed by atoms with van der Waals surface area (Å²) in [6.45, 7) is 4.45. The molecule has 4 nitrogen and oxygen atoms in total. The van der Waals surface area contributed by atoms with Gasteiger partial charge in [0.05, 0.1) is 5.69 Å². The molecule has 1 atom stereocenters. The first-order valence-corrected chi connectivity index (χ1v) is 7.07. The molecular formula is C13H18N2O2S. The molecule has 0 aromatic heterocycles. The molecule has 1 heterocycles. The quantitative estimate of drug-likeness (QED) is 0.649. The van der Waals surface area contributed by atoms with Crippen LogP contribution in [0, 0.1) is 5.92 Å². The van der Waals surface area contributed by atoms with Crippen molar-refractivity contribution in [2.45, 2.75) is 25.2 Å². The van der Waals surface area contributed by atoms with Gasteiger partial charge in [-0.25, -0.2) is 0 Å². The molecule has 0 saturated carbocycles. The largest absolute Gasteiger partial charge is 0.482 e. The van der Waals surface area contributed by atoms with Gasteiger partial charge in [-0.2, -0.15) is 0 Å². The summed E-state index contributed by atoms with van der Waals surface area (Å²) in [5, 5.41) is 2.80. The lowest BCUT2D eigenvalue weighted by Gasteiger charge is -2.20. The molecule has 18 heavy (non-hydrogen) atoms. The summed E-state index contributed by atoms with van der Waals surface area (Å²) in [6, 6.07) is 3.68. The van der Waals surface area contributed by atoms with Gasteiger partial charge in [-0.3, -0.25) is 4.79 Å². The van der Waals surface area contributed by atoms with Crippen molar-refractivity contribution in [1.82, 2.24) is 0 Å². The highest BCUT2D eigenvalue weighted by Crippen LogP contribution is 2.37. The van der Waals surface area contributed by atoms with Crippen LogP contribution in [0.1, 0.15) is 20.3 Å². The fourth-order valence-electron chi connectivity index (χ4n) is 1.60. The van der Waals surface area contributed by atoms with Crippen LogP contribution in [0.3, 0.4) is 0 Å². The molecular weight excluding hydrogens is 248 g/mol. The topological polar surface area (TPSA) is 64.3 Å². The Bertz CT molecular complexity index is 463. The van der Waals surface area contributed by atoms with Crippen molar-refractivity contribution in [2.24, 2.45) is 5.92 Å². The molecule has 0 spiro atoms. The summed E-state index contributed by atoms with van der Waals surface area (Å²) in [6.07, 6.45) is 1.15. The number of anilines is 2. The zero-order valence-corrected chi connectivity index (χ0v) is 11.5. The molecule has 1 unspecified atom stereocenters. The Labute approximate surface area is 111 Å². The van der Waals surface area contributed by atoms with Crippen molar-refractivity contribution in [3.63, 3.8) is 0 Å². The number of thioether (sulfide) groups is 1. The second-order valence-electron chi connectivity index (χ2n) is 4.55. The number of nitrogens with one attached hydrogen (secondary N) is 1. The molecule has 1 aliphatic heterocycles. The number of fused-ring (bicyclic) bond motifs is 1. The van der Waals surface area contributed by atoms with Gasteiger partial charge in [0, 0.05) is 22.4 Å². The van der Waals surface area contributed by atoms with E-state index in [1.807, 2.05) is 6.07 Å². The van der Waals surface area contributed by atoms with Gasteiger partial charge in [0.25, 0.3) is 5.91 Å². The predicted octanol–water partition coefficient (Wildman–Crippen LogP) is 2.74. The second-order valence-corrected chi connectivity index (χ2v) is 5.61. The zero-order valence-electron chi connectivity index (χ0n) is 10.7. The Morgan fingerprint density at radius 3 is 3.06 bits per heavy atom. The molecule has 1 aromatic carbocycles. The minimum Gasteiger partial charge on any atom is -0.482 e. The fourth-order valence-corrected chi connectivity index (χ4v) is 2.72. The van der Waals surface area contributed by atoms with Crippen molar-refractivity contribution >= 4 is 29.0 Å². The van der Waals surface area contributed by atoms with Gasteiger partial charge in [-0.05, 0) is 12.0 Å². The molecule has 1 amide bonds. The van der Waals surface area contributed by atoms with Crippen molar-refractivity contribution in [1.29, 1.82) is 0 Å². The van der Waals surface area contributed by atoms with E-state index in [4.69, 9.17) is 10.5 Å². The Morgan fingerprint density at radius 1 is 1.56 bits per heavy atom. The molecule has 0 saturated heterocycles. The van der Waals surface area contributed by atoms with E-state index in [0.29, 0.717) is 23.0 Å². The average Bonchev–Trinajstić information content (AvgIpc) is 2.36. The van der Waals surface area contributed by atoms with E-state index in [0.717, 1.165) is 17.1 Å². The van der Waals surface area contributed by atoms with Crippen LogP contribution in [0.25, 0.3) is 0 Å². The Balaban J connectivity index is 2.16. The third-order valence-electron chi connectivity index (χ3n) is 2.97. The standard InChI is InChI=1S/C13H18N2O2S/c1-3-8(2)7-18-12-5-10-11(4-9(12)14)17-6-13(16)15-10/h4-5,8H,3,6-7,14H2,1-2H3,(H,15,16). The highest BCUT2D eigenvalue weighted by atomic mass is 32.2. The van der Waals surface area contributed by atoms with E-state index in [-0.39, 0.29) is 12.5 Å². The molecule has 2 rings (SSSR count). The Kier molecular flexibility index (Phi) is 4.01. The molecule has 1 aromatic rings. The highest BCUT2D eigenvalue weighted by Gasteiger charge is 2.18. The minimum absolute atomic E-state index is 0.0613. The number of amides is 1. The number of carbonyl (C=O) groups is 1. The van der Waals surface area contributed by atoms with Crippen LogP contribution in [0.15, 0.2) is 17.0 Å². The third kappa shape index (κ3) is 2.90. The molecule has 1 aliphatic rings. The number of hydrogen-bond acceptors (Lipinski definition) is 4. The maximum Gasteiger partial charge on any atom is 0.262 e. The maximum atomic E-state index is 11.3. The van der Waals surface area contributed by atoms with Crippen molar-refractivity contribution in [2.75, 3.05) is 23.4 Å². The Hall–Kier alpha value is -1.36. The molecule has 0 bridgehead atoms. The summed E-state index contributed by atoms with van der Waals surface area (Å²) < 4.78 is 5.32. The van der Waals surface area contributed by atoms with Crippen LogP contribution >= 0.6 is 11.8 Å². The fraction of sp³-hybridized carbons (Fsp3) is 0.462. The first-order chi connectivity index (χ1) is 8.60. The first-order valence-electron chi connectivity index (χ1n) is 6.09. The van der Waals surface area contributed by atoms with Crippen LogP contribution in [0.5, 0.6) is 5.75 Å². The van der Waals surface area contributed by atoms with E-state index < -0.39 is 0 Å². The Morgan fingerprint density at radius 2 is 2.33 bits per heavy atom. The van der Waals surface area contributed by atoms with E-state index in [1.165, 1.54) is 0 Å². The molecule has 3 N–H and O–H groups in total. The van der Waals surface area contributed by atoms with Gasteiger partial charge >= 0.3 is 0 Å². The lowest BCUT2D eigenvalue weighted by Crippen LogP contribution is -2.25. The van der Waals surface area contributed by atoms with Crippen LogP contribution in [0.2, 0.25) is 0 Å². The van der Waals surface area contributed by atoms with E-state index in [1.54, 1.807) is 17.8 Å². The monoisotopic (exact) mass is 266 g/mol. The van der Waals surface area contributed by atoms with Gasteiger partial charge in [0.1, 0.15) is 5.75 Å². The molecule has 98 valence electrons. The number of carbonyl (C=O) groups excluding carboxylic acids is 1. The van der Waals surface area contributed by atoms with Crippen LogP contribution in [-0.4, -0.2) is 18.3 Å². The van der Waals surface area contributed by atoms with Crippen molar-refractivity contribution in [3.8, 4) is 5.75 Å². The lowest BCUT2D eigenvalue weighted by molar-refractivity contribution is -0.118. The average molecular weight is 266 g/mol. The summed E-state index contributed by atoms with van der Waals surface area (Å²) in [4.78, 5) is 12.3. The molecule has 0 aliphatic carbocycles. The van der Waals surface area contributed by atoms with Crippen molar-refractivity contribution < 1.29 is 9.53 Å². The maximum absolute atomic E-state index is 11.3. The number of ether oxygens (including phenoxy) is 1. The SMILES string of the molecule is CCC(C)CSc1cc2c(cc1N)OCC(=O)N2. The number of benzene rings is 1. The van der Waals surface area contributed by atoms with E-state index in [9.17, 15) is 4.79 Å². The number of hydrogen-bond donors (Lipinski definition) is 2. The summed E-state index contributed by atoms with van der Waals surface area (Å²) in [5.74, 6) is 2.20. The van der Waals surface area contributed by atoms with Gasteiger partial charge in [0.15, 0.2) is 6.61 Å². The lowest BCUT2D eigenvalue weighted by atomic mass is 10.2. The van der Waals surface area contributed by atoms with Gasteiger partial charge < -0.3 is 15.8 Å².